The van der Waals surface area contributed by atoms with Crippen LogP contribution in [-0.4, -0.2) is 23.2 Å². The number of nitrogens with two attached hydrogens (primary N) is 1. The Balaban J connectivity index is 2.10. The van der Waals surface area contributed by atoms with E-state index in [9.17, 15) is 8.42 Å². The highest BCUT2D eigenvalue weighted by Gasteiger charge is 2.20. The zero-order valence-electron chi connectivity index (χ0n) is 10.7. The lowest BCUT2D eigenvalue weighted by atomic mass is 10.2. The Bertz CT molecular complexity index is 878. The second kappa shape index (κ2) is 4.27. The predicted molar refractivity (Wildman–Crippen MR) is 76.7 cm³/mol. The first kappa shape index (κ1) is 12.5. The van der Waals surface area contributed by atoms with E-state index in [1.165, 1.54) is 17.1 Å². The van der Waals surface area contributed by atoms with Gasteiger partial charge in [0.2, 0.25) is 0 Å². The van der Waals surface area contributed by atoms with E-state index in [1.807, 2.05) is 0 Å². The molecule has 0 atom stereocenters. The number of hydrogen-bond donors (Lipinski definition) is 3. The smallest absolute Gasteiger partial charge is 0.265 e. The van der Waals surface area contributed by atoms with Crippen molar-refractivity contribution in [3.8, 4) is 0 Å². The Morgan fingerprint density at radius 2 is 2.15 bits per heavy atom. The minimum Gasteiger partial charge on any atom is -0.399 e. The minimum absolute atomic E-state index is 0.154. The van der Waals surface area contributed by atoms with Gasteiger partial charge >= 0.3 is 0 Å². The summed E-state index contributed by atoms with van der Waals surface area (Å²) in [6.45, 7) is 0. The summed E-state index contributed by atoms with van der Waals surface area (Å²) >= 11 is 0. The quantitative estimate of drug-likeness (QED) is 0.632. The van der Waals surface area contributed by atoms with E-state index in [1.54, 1.807) is 31.3 Å². The molecule has 20 heavy (non-hydrogen) atoms. The summed E-state index contributed by atoms with van der Waals surface area (Å²) in [5.74, 6) is 0.392. The number of nitrogens with one attached hydrogen (secondary N) is 2. The van der Waals surface area contributed by atoms with Gasteiger partial charge in [-0.3, -0.25) is 9.40 Å². The number of nitrogens with zero attached hydrogens (tertiary/aromatic N) is 2. The largest absolute Gasteiger partial charge is 0.399 e. The normalized spacial score (nSPS) is 11.8. The molecule has 0 aliphatic heterocycles. The van der Waals surface area contributed by atoms with Crippen molar-refractivity contribution in [2.24, 2.45) is 7.05 Å². The molecule has 3 rings (SSSR count). The van der Waals surface area contributed by atoms with E-state index in [2.05, 4.69) is 14.8 Å². The molecular formula is C12H13N5O2S. The molecule has 2 aromatic heterocycles. The molecule has 0 bridgehead atoms. The van der Waals surface area contributed by atoms with Gasteiger partial charge in [-0.25, -0.2) is 8.42 Å². The van der Waals surface area contributed by atoms with Crippen LogP contribution in [0.2, 0.25) is 0 Å². The van der Waals surface area contributed by atoms with Crippen molar-refractivity contribution in [2.75, 3.05) is 10.5 Å². The third-order valence-electron chi connectivity index (χ3n) is 3.02. The van der Waals surface area contributed by atoms with E-state index in [4.69, 9.17) is 5.73 Å². The Kier molecular flexibility index (Phi) is 2.68. The van der Waals surface area contributed by atoms with Crippen molar-refractivity contribution < 1.29 is 8.42 Å². The number of aromatic nitrogens is 3. The predicted octanol–water partition coefficient (Wildman–Crippen LogP) is 1.28. The maximum absolute atomic E-state index is 12.4. The Labute approximate surface area is 115 Å². The molecule has 0 amide bonds. The molecule has 7 nitrogen and oxygen atoms in total. The van der Waals surface area contributed by atoms with Crippen molar-refractivity contribution in [3.63, 3.8) is 0 Å². The summed E-state index contributed by atoms with van der Waals surface area (Å²) in [5.41, 5.74) is 6.93. The molecule has 0 fully saturated rings. The van der Waals surface area contributed by atoms with Crippen LogP contribution >= 0.6 is 0 Å². The number of anilines is 2. The second-order valence-corrected chi connectivity index (χ2v) is 6.05. The first-order valence-corrected chi connectivity index (χ1v) is 7.33. The maximum Gasteiger partial charge on any atom is 0.265 e. The molecule has 0 saturated heterocycles. The number of benzene rings is 1. The SMILES string of the molecule is Cn1nccc1NS(=O)(=O)c1c[nH]c2ccc(N)cc12. The summed E-state index contributed by atoms with van der Waals surface area (Å²) in [5, 5.41) is 4.48. The van der Waals surface area contributed by atoms with E-state index in [0.717, 1.165) is 0 Å². The van der Waals surface area contributed by atoms with Gasteiger partial charge in [0, 0.05) is 35.9 Å². The molecule has 3 aromatic rings. The molecule has 2 heterocycles. The third kappa shape index (κ3) is 1.99. The maximum atomic E-state index is 12.4. The van der Waals surface area contributed by atoms with Crippen LogP contribution in [0, 0.1) is 0 Å². The minimum atomic E-state index is -3.70. The van der Waals surface area contributed by atoms with Gasteiger partial charge in [-0.05, 0) is 18.2 Å². The lowest BCUT2D eigenvalue weighted by molar-refractivity contribution is 0.601. The number of hydrogen-bond acceptors (Lipinski definition) is 4. The fourth-order valence-corrected chi connectivity index (χ4v) is 3.26. The highest BCUT2D eigenvalue weighted by molar-refractivity contribution is 7.93. The van der Waals surface area contributed by atoms with Crippen LogP contribution in [0.3, 0.4) is 0 Å². The van der Waals surface area contributed by atoms with Gasteiger partial charge in [0.15, 0.2) is 0 Å². The first-order valence-electron chi connectivity index (χ1n) is 5.85. The third-order valence-corrected chi connectivity index (χ3v) is 4.41. The van der Waals surface area contributed by atoms with Crippen molar-refractivity contribution in [1.29, 1.82) is 0 Å². The summed E-state index contributed by atoms with van der Waals surface area (Å²) < 4.78 is 28.8. The zero-order chi connectivity index (χ0) is 14.3. The summed E-state index contributed by atoms with van der Waals surface area (Å²) in [6.07, 6.45) is 2.97. The van der Waals surface area contributed by atoms with Crippen LogP contribution in [-0.2, 0) is 17.1 Å². The van der Waals surface area contributed by atoms with Crippen LogP contribution in [0.1, 0.15) is 0 Å². The molecule has 0 aliphatic carbocycles. The van der Waals surface area contributed by atoms with Gasteiger partial charge in [-0.2, -0.15) is 5.10 Å². The average molecular weight is 291 g/mol. The number of fused-ring (bicyclic) bond motifs is 1. The Morgan fingerprint density at radius 3 is 2.85 bits per heavy atom. The number of aromatic amines is 1. The van der Waals surface area contributed by atoms with Crippen LogP contribution in [0.15, 0.2) is 41.6 Å². The lowest BCUT2D eigenvalue weighted by Crippen LogP contribution is -2.15. The van der Waals surface area contributed by atoms with Crippen LogP contribution in [0.4, 0.5) is 11.5 Å². The molecule has 0 radical (unpaired) electrons. The zero-order valence-corrected chi connectivity index (χ0v) is 11.5. The average Bonchev–Trinajstić information content (AvgIpc) is 2.96. The Morgan fingerprint density at radius 1 is 1.35 bits per heavy atom. The number of H-pyrrole nitrogens is 1. The fourth-order valence-electron chi connectivity index (χ4n) is 2.00. The summed E-state index contributed by atoms with van der Waals surface area (Å²) in [6, 6.07) is 6.67. The van der Waals surface area contributed by atoms with Crippen LogP contribution < -0.4 is 10.5 Å². The first-order chi connectivity index (χ1) is 9.47. The lowest BCUT2D eigenvalue weighted by Gasteiger charge is -2.07. The number of rotatable bonds is 3. The molecule has 1 aromatic carbocycles. The van der Waals surface area contributed by atoms with Gasteiger partial charge in [0.25, 0.3) is 10.0 Å². The number of aryl methyl sites for hydroxylation is 1. The van der Waals surface area contributed by atoms with E-state index >= 15 is 0 Å². The molecule has 0 saturated carbocycles. The van der Waals surface area contributed by atoms with Crippen LogP contribution in [0.5, 0.6) is 0 Å². The highest BCUT2D eigenvalue weighted by Crippen LogP contribution is 2.26. The number of sulfonamides is 1. The standard InChI is InChI=1S/C12H13N5O2S/c1-17-12(4-5-15-17)16-20(18,19)11-7-14-10-3-2-8(13)6-9(10)11/h2-7,14,16H,13H2,1H3. The number of nitrogen functional groups attached to an aromatic ring is 1. The molecule has 0 aliphatic rings. The van der Waals surface area contributed by atoms with E-state index in [-0.39, 0.29) is 4.90 Å². The van der Waals surface area contributed by atoms with Crippen molar-refractivity contribution >= 4 is 32.4 Å². The van der Waals surface area contributed by atoms with Crippen molar-refractivity contribution in [3.05, 3.63) is 36.7 Å². The topological polar surface area (TPSA) is 106 Å². The summed E-state index contributed by atoms with van der Waals surface area (Å²) in [7, 11) is -2.05. The van der Waals surface area contributed by atoms with E-state index in [0.29, 0.717) is 22.4 Å². The van der Waals surface area contributed by atoms with Crippen LogP contribution in [0.25, 0.3) is 10.9 Å². The van der Waals surface area contributed by atoms with Crippen molar-refractivity contribution in [1.82, 2.24) is 14.8 Å². The van der Waals surface area contributed by atoms with Gasteiger partial charge in [0.05, 0.1) is 6.20 Å². The Hall–Kier alpha value is -2.48. The second-order valence-electron chi connectivity index (χ2n) is 4.40. The monoisotopic (exact) mass is 291 g/mol. The van der Waals surface area contributed by atoms with Gasteiger partial charge in [-0.1, -0.05) is 0 Å². The van der Waals surface area contributed by atoms with Crippen molar-refractivity contribution in [2.45, 2.75) is 4.90 Å². The fraction of sp³-hybridized carbons (Fsp3) is 0.0833. The van der Waals surface area contributed by atoms with Gasteiger partial charge in [0.1, 0.15) is 10.7 Å². The van der Waals surface area contributed by atoms with E-state index < -0.39 is 10.0 Å². The summed E-state index contributed by atoms with van der Waals surface area (Å²) in [4.78, 5) is 3.07. The molecule has 8 heteroatoms. The molecular weight excluding hydrogens is 278 g/mol. The molecule has 104 valence electrons. The highest BCUT2D eigenvalue weighted by atomic mass is 32.2. The molecule has 4 N–H and O–H groups in total. The molecule has 0 spiro atoms. The van der Waals surface area contributed by atoms with Gasteiger partial charge in [-0.15, -0.1) is 0 Å². The van der Waals surface area contributed by atoms with Gasteiger partial charge < -0.3 is 10.7 Å². The molecule has 0 unspecified atom stereocenters.